The molecule has 1 fully saturated rings. The zero-order chi connectivity index (χ0) is 15.0. The Kier molecular flexibility index (Phi) is 8.79. The predicted octanol–water partition coefficient (Wildman–Crippen LogP) is 4.30. The molecular formula is C18H38N2. The highest BCUT2D eigenvalue weighted by molar-refractivity contribution is 4.90. The molecule has 2 heteroatoms. The van der Waals surface area contributed by atoms with E-state index in [1.165, 1.54) is 58.2 Å². The Hall–Kier alpha value is -0.0800. The monoisotopic (exact) mass is 282 g/mol. The Labute approximate surface area is 127 Å². The van der Waals surface area contributed by atoms with E-state index in [0.717, 1.165) is 23.9 Å². The highest BCUT2D eigenvalue weighted by Gasteiger charge is 2.31. The second-order valence-electron chi connectivity index (χ2n) is 7.46. The molecular weight excluding hydrogens is 244 g/mol. The molecule has 0 spiro atoms. The van der Waals surface area contributed by atoms with Crippen molar-refractivity contribution < 1.29 is 0 Å². The van der Waals surface area contributed by atoms with Gasteiger partial charge in [-0.1, -0.05) is 41.0 Å². The zero-order valence-corrected chi connectivity index (χ0v) is 14.6. The summed E-state index contributed by atoms with van der Waals surface area (Å²) >= 11 is 0. The van der Waals surface area contributed by atoms with Gasteiger partial charge in [0.1, 0.15) is 0 Å². The number of hydrogen-bond donors (Lipinski definition) is 1. The second-order valence-corrected chi connectivity index (χ2v) is 7.46. The first-order valence-corrected chi connectivity index (χ1v) is 9.02. The summed E-state index contributed by atoms with van der Waals surface area (Å²) in [5, 5.41) is 3.80. The van der Waals surface area contributed by atoms with Crippen molar-refractivity contribution in [3.05, 3.63) is 0 Å². The average Bonchev–Trinajstić information content (AvgIpc) is 2.84. The molecule has 1 aliphatic carbocycles. The molecule has 0 heterocycles. The van der Waals surface area contributed by atoms with E-state index in [1.54, 1.807) is 0 Å². The molecule has 120 valence electrons. The van der Waals surface area contributed by atoms with Crippen LogP contribution in [-0.4, -0.2) is 36.6 Å². The van der Waals surface area contributed by atoms with E-state index < -0.39 is 0 Å². The van der Waals surface area contributed by atoms with E-state index in [4.69, 9.17) is 0 Å². The Morgan fingerprint density at radius 2 is 1.60 bits per heavy atom. The van der Waals surface area contributed by atoms with E-state index >= 15 is 0 Å². The summed E-state index contributed by atoms with van der Waals surface area (Å²) < 4.78 is 0. The topological polar surface area (TPSA) is 15.3 Å². The molecule has 1 aliphatic rings. The van der Waals surface area contributed by atoms with Crippen LogP contribution in [0.5, 0.6) is 0 Å². The molecule has 0 radical (unpaired) electrons. The lowest BCUT2D eigenvalue weighted by atomic mass is 10.0. The molecule has 2 nitrogen and oxygen atoms in total. The number of hydrogen-bond acceptors (Lipinski definition) is 2. The van der Waals surface area contributed by atoms with Crippen molar-refractivity contribution in [2.75, 3.05) is 19.6 Å². The molecule has 2 unspecified atom stereocenters. The van der Waals surface area contributed by atoms with Gasteiger partial charge in [0.25, 0.3) is 0 Å². The van der Waals surface area contributed by atoms with E-state index in [9.17, 15) is 0 Å². The number of rotatable bonds is 10. The fraction of sp³-hybridized carbons (Fsp3) is 1.00. The molecule has 2 atom stereocenters. The predicted molar refractivity (Wildman–Crippen MR) is 90.2 cm³/mol. The molecule has 0 bridgehead atoms. The molecule has 1 rings (SSSR count). The van der Waals surface area contributed by atoms with Crippen LogP contribution in [0, 0.1) is 11.8 Å². The second kappa shape index (κ2) is 9.78. The van der Waals surface area contributed by atoms with Crippen LogP contribution in [0.2, 0.25) is 0 Å². The Balaban J connectivity index is 2.54. The van der Waals surface area contributed by atoms with Crippen molar-refractivity contribution in [3.8, 4) is 0 Å². The van der Waals surface area contributed by atoms with Gasteiger partial charge in [-0.05, 0) is 63.6 Å². The molecule has 1 saturated carbocycles. The molecule has 0 aromatic carbocycles. The highest BCUT2D eigenvalue weighted by Crippen LogP contribution is 2.25. The van der Waals surface area contributed by atoms with Crippen molar-refractivity contribution in [2.24, 2.45) is 11.8 Å². The fourth-order valence-electron chi connectivity index (χ4n) is 3.24. The first kappa shape index (κ1) is 18.0. The lowest BCUT2D eigenvalue weighted by molar-refractivity contribution is 0.156. The van der Waals surface area contributed by atoms with Gasteiger partial charge in [-0.3, -0.25) is 4.90 Å². The summed E-state index contributed by atoms with van der Waals surface area (Å²) in [6.07, 6.45) is 8.12. The third-order valence-corrected chi connectivity index (χ3v) is 4.59. The molecule has 0 aliphatic heterocycles. The Morgan fingerprint density at radius 1 is 1.00 bits per heavy atom. The van der Waals surface area contributed by atoms with Gasteiger partial charge in [0, 0.05) is 12.1 Å². The lowest BCUT2D eigenvalue weighted by Gasteiger charge is -2.34. The average molecular weight is 283 g/mol. The summed E-state index contributed by atoms with van der Waals surface area (Å²) in [5.41, 5.74) is 0. The van der Waals surface area contributed by atoms with Gasteiger partial charge in [-0.25, -0.2) is 0 Å². The van der Waals surface area contributed by atoms with Crippen LogP contribution in [0.4, 0.5) is 0 Å². The highest BCUT2D eigenvalue weighted by atomic mass is 15.2. The summed E-state index contributed by atoms with van der Waals surface area (Å²) in [5.74, 6) is 1.64. The van der Waals surface area contributed by atoms with Crippen molar-refractivity contribution in [3.63, 3.8) is 0 Å². The van der Waals surface area contributed by atoms with E-state index in [0.29, 0.717) is 0 Å². The summed E-state index contributed by atoms with van der Waals surface area (Å²) in [4.78, 5) is 2.81. The van der Waals surface area contributed by atoms with Crippen molar-refractivity contribution in [1.82, 2.24) is 10.2 Å². The van der Waals surface area contributed by atoms with Crippen molar-refractivity contribution in [1.29, 1.82) is 0 Å². The van der Waals surface area contributed by atoms with Crippen LogP contribution in [0.25, 0.3) is 0 Å². The smallest absolute Gasteiger partial charge is 0.0249 e. The molecule has 0 saturated heterocycles. The van der Waals surface area contributed by atoms with Gasteiger partial charge < -0.3 is 5.32 Å². The standard InChI is InChI=1S/C18H38N2/c1-6-12-19-17-8-7-9-18(17)20(13-10-15(2)3)14-11-16(4)5/h15-19H,6-14H2,1-5H3. The summed E-state index contributed by atoms with van der Waals surface area (Å²) in [7, 11) is 0. The van der Waals surface area contributed by atoms with E-state index in [-0.39, 0.29) is 0 Å². The number of nitrogens with one attached hydrogen (secondary N) is 1. The zero-order valence-electron chi connectivity index (χ0n) is 14.6. The summed E-state index contributed by atoms with van der Waals surface area (Å²) in [6, 6.07) is 1.54. The molecule has 0 amide bonds. The molecule has 0 aromatic rings. The van der Waals surface area contributed by atoms with Gasteiger partial charge in [-0.2, -0.15) is 0 Å². The van der Waals surface area contributed by atoms with Crippen LogP contribution in [0.3, 0.4) is 0 Å². The van der Waals surface area contributed by atoms with Crippen LogP contribution < -0.4 is 5.32 Å². The van der Waals surface area contributed by atoms with Crippen LogP contribution in [0.1, 0.15) is 73.1 Å². The summed E-state index contributed by atoms with van der Waals surface area (Å²) in [6.45, 7) is 15.4. The fourth-order valence-corrected chi connectivity index (χ4v) is 3.24. The third kappa shape index (κ3) is 6.58. The van der Waals surface area contributed by atoms with E-state index in [2.05, 4.69) is 44.8 Å². The van der Waals surface area contributed by atoms with Crippen molar-refractivity contribution in [2.45, 2.75) is 85.2 Å². The largest absolute Gasteiger partial charge is 0.312 e. The van der Waals surface area contributed by atoms with Crippen molar-refractivity contribution >= 4 is 0 Å². The molecule has 1 N–H and O–H groups in total. The molecule has 20 heavy (non-hydrogen) atoms. The number of nitrogens with zero attached hydrogens (tertiary/aromatic N) is 1. The van der Waals surface area contributed by atoms with Gasteiger partial charge in [0.05, 0.1) is 0 Å². The third-order valence-electron chi connectivity index (χ3n) is 4.59. The maximum absolute atomic E-state index is 3.80. The minimum atomic E-state index is 0.745. The van der Waals surface area contributed by atoms with Crippen LogP contribution in [-0.2, 0) is 0 Å². The molecule has 0 aromatic heterocycles. The van der Waals surface area contributed by atoms with Gasteiger partial charge in [0.2, 0.25) is 0 Å². The van der Waals surface area contributed by atoms with Crippen LogP contribution in [0.15, 0.2) is 0 Å². The van der Waals surface area contributed by atoms with Gasteiger partial charge >= 0.3 is 0 Å². The lowest BCUT2D eigenvalue weighted by Crippen LogP contribution is -2.48. The SMILES string of the molecule is CCCNC1CCCC1N(CCC(C)C)CCC(C)C. The van der Waals surface area contributed by atoms with Gasteiger partial charge in [0.15, 0.2) is 0 Å². The van der Waals surface area contributed by atoms with Gasteiger partial charge in [-0.15, -0.1) is 0 Å². The minimum absolute atomic E-state index is 0.745. The maximum Gasteiger partial charge on any atom is 0.0249 e. The quantitative estimate of drug-likeness (QED) is 0.642. The van der Waals surface area contributed by atoms with Crippen LogP contribution >= 0.6 is 0 Å². The first-order chi connectivity index (χ1) is 9.54. The minimum Gasteiger partial charge on any atom is -0.312 e. The Bertz CT molecular complexity index is 226. The normalized spacial score (nSPS) is 23.4. The maximum atomic E-state index is 3.80. The first-order valence-electron chi connectivity index (χ1n) is 9.02. The Morgan fingerprint density at radius 3 is 2.10 bits per heavy atom. The van der Waals surface area contributed by atoms with E-state index in [1.807, 2.05) is 0 Å².